The molecule has 1 unspecified atom stereocenters. The molecule has 0 bridgehead atoms. The van der Waals surface area contributed by atoms with Crippen LogP contribution in [0, 0.1) is 6.92 Å². The lowest BCUT2D eigenvalue weighted by molar-refractivity contribution is -0.141. The average molecular weight is 474 g/mol. The van der Waals surface area contributed by atoms with Crippen LogP contribution in [0.3, 0.4) is 0 Å². The summed E-state index contributed by atoms with van der Waals surface area (Å²) < 4.78 is 25.9. The smallest absolute Gasteiger partial charge is 0.242 e. The van der Waals surface area contributed by atoms with E-state index in [1.165, 1.54) is 4.31 Å². The average Bonchev–Trinajstić information content (AvgIpc) is 2.77. The number of carbonyl (C=O) groups excluding carboxylic acids is 2. The van der Waals surface area contributed by atoms with Gasteiger partial charge in [0.05, 0.1) is 11.9 Å². The summed E-state index contributed by atoms with van der Waals surface area (Å²) in [6, 6.07) is 16.1. The number of carbonyl (C=O) groups is 2. The van der Waals surface area contributed by atoms with Crippen LogP contribution in [0.4, 0.5) is 5.69 Å². The molecule has 2 aromatic carbocycles. The quantitative estimate of drug-likeness (QED) is 0.511. The minimum atomic E-state index is -3.49. The second kappa shape index (κ2) is 12.4. The molecule has 8 heteroatoms. The van der Waals surface area contributed by atoms with Gasteiger partial charge < -0.3 is 10.2 Å². The van der Waals surface area contributed by atoms with Crippen molar-refractivity contribution in [1.29, 1.82) is 0 Å². The fourth-order valence-corrected chi connectivity index (χ4v) is 4.75. The summed E-state index contributed by atoms with van der Waals surface area (Å²) >= 11 is 0. The first-order valence-corrected chi connectivity index (χ1v) is 13.2. The Labute approximate surface area is 197 Å². The predicted molar refractivity (Wildman–Crippen MR) is 132 cm³/mol. The second-order valence-electron chi connectivity index (χ2n) is 8.04. The number of nitrogens with zero attached hydrogens (tertiary/aromatic N) is 2. The lowest BCUT2D eigenvalue weighted by Crippen LogP contribution is -2.49. The van der Waals surface area contributed by atoms with Crippen LogP contribution in [0.1, 0.15) is 44.2 Å². The molecule has 2 amide bonds. The van der Waals surface area contributed by atoms with Crippen LogP contribution < -0.4 is 9.62 Å². The highest BCUT2D eigenvalue weighted by atomic mass is 32.2. The Morgan fingerprint density at radius 3 is 2.21 bits per heavy atom. The monoisotopic (exact) mass is 473 g/mol. The normalized spacial score (nSPS) is 12.1. The van der Waals surface area contributed by atoms with Crippen LogP contribution in [0.25, 0.3) is 0 Å². The summed E-state index contributed by atoms with van der Waals surface area (Å²) in [5.74, 6) is -0.346. The summed E-state index contributed by atoms with van der Waals surface area (Å²) in [6.45, 7) is 6.72. The van der Waals surface area contributed by atoms with E-state index in [0.717, 1.165) is 17.4 Å². The van der Waals surface area contributed by atoms with Crippen molar-refractivity contribution in [1.82, 2.24) is 10.2 Å². The minimum Gasteiger partial charge on any atom is -0.355 e. The molecule has 0 aliphatic carbocycles. The molecule has 1 N–H and O–H groups in total. The summed E-state index contributed by atoms with van der Waals surface area (Å²) in [4.78, 5) is 27.6. The lowest BCUT2D eigenvalue weighted by atomic mass is 10.1. The van der Waals surface area contributed by atoms with Gasteiger partial charge in [0, 0.05) is 26.1 Å². The maximum atomic E-state index is 13.3. The zero-order valence-electron chi connectivity index (χ0n) is 20.0. The number of aryl methyl sites for hydroxylation is 1. The number of nitrogens with one attached hydrogen (secondary N) is 1. The molecule has 180 valence electrons. The number of anilines is 1. The van der Waals surface area contributed by atoms with Gasteiger partial charge in [-0.25, -0.2) is 8.42 Å². The van der Waals surface area contributed by atoms with Crippen molar-refractivity contribution in [2.24, 2.45) is 0 Å². The molecule has 2 rings (SSSR count). The van der Waals surface area contributed by atoms with Crippen LogP contribution in [0.15, 0.2) is 54.6 Å². The van der Waals surface area contributed by atoms with Crippen molar-refractivity contribution < 1.29 is 18.0 Å². The van der Waals surface area contributed by atoms with Gasteiger partial charge >= 0.3 is 0 Å². The number of hydrogen-bond donors (Lipinski definition) is 1. The van der Waals surface area contributed by atoms with Gasteiger partial charge in [-0.15, -0.1) is 0 Å². The van der Waals surface area contributed by atoms with Crippen molar-refractivity contribution in [3.05, 3.63) is 65.7 Å². The van der Waals surface area contributed by atoms with Crippen LogP contribution >= 0.6 is 0 Å². The van der Waals surface area contributed by atoms with E-state index in [-0.39, 0.29) is 24.8 Å². The molecule has 0 aliphatic heterocycles. The highest BCUT2D eigenvalue weighted by molar-refractivity contribution is 7.92. The van der Waals surface area contributed by atoms with E-state index in [9.17, 15) is 18.0 Å². The van der Waals surface area contributed by atoms with E-state index in [0.29, 0.717) is 31.6 Å². The summed E-state index contributed by atoms with van der Waals surface area (Å²) in [5, 5.41) is 2.83. The Bertz CT molecular complexity index is 1020. The van der Waals surface area contributed by atoms with E-state index in [2.05, 4.69) is 5.32 Å². The van der Waals surface area contributed by atoms with Gasteiger partial charge in [0.2, 0.25) is 21.8 Å². The first-order chi connectivity index (χ1) is 15.7. The van der Waals surface area contributed by atoms with Crippen molar-refractivity contribution in [3.63, 3.8) is 0 Å². The fourth-order valence-electron chi connectivity index (χ4n) is 3.78. The molecule has 33 heavy (non-hydrogen) atoms. The highest BCUT2D eigenvalue weighted by Crippen LogP contribution is 2.20. The molecular formula is C25H35N3O4S. The van der Waals surface area contributed by atoms with Crippen molar-refractivity contribution in [2.75, 3.05) is 23.7 Å². The van der Waals surface area contributed by atoms with E-state index in [4.69, 9.17) is 0 Å². The summed E-state index contributed by atoms with van der Waals surface area (Å²) in [5.41, 5.74) is 2.60. The Kier molecular flexibility index (Phi) is 9.91. The van der Waals surface area contributed by atoms with Gasteiger partial charge in [0.1, 0.15) is 6.04 Å². The van der Waals surface area contributed by atoms with Gasteiger partial charge in [-0.05, 0) is 49.9 Å². The lowest BCUT2D eigenvalue weighted by Gasteiger charge is -2.31. The van der Waals surface area contributed by atoms with Gasteiger partial charge in [0.25, 0.3) is 0 Å². The molecule has 1 atom stereocenters. The molecule has 0 saturated carbocycles. The number of likely N-dealkylation sites (N-methyl/N-ethyl adjacent to an activating group) is 1. The molecule has 0 aliphatic rings. The van der Waals surface area contributed by atoms with E-state index in [1.807, 2.05) is 51.1 Å². The molecule has 0 radical (unpaired) electrons. The summed E-state index contributed by atoms with van der Waals surface area (Å²) in [7, 11) is -3.49. The van der Waals surface area contributed by atoms with Gasteiger partial charge in [0.15, 0.2) is 0 Å². The Morgan fingerprint density at radius 1 is 1.00 bits per heavy atom. The predicted octanol–water partition coefficient (Wildman–Crippen LogP) is 3.48. The molecule has 0 spiro atoms. The van der Waals surface area contributed by atoms with Crippen LogP contribution in [0.5, 0.6) is 0 Å². The third-order valence-corrected chi connectivity index (χ3v) is 6.73. The van der Waals surface area contributed by atoms with Gasteiger partial charge in [-0.3, -0.25) is 13.9 Å². The number of hydrogen-bond acceptors (Lipinski definition) is 4. The van der Waals surface area contributed by atoms with E-state index in [1.54, 1.807) is 29.2 Å². The molecular weight excluding hydrogens is 438 g/mol. The number of para-hydroxylation sites is 1. The maximum absolute atomic E-state index is 13.3. The number of rotatable bonds is 12. The van der Waals surface area contributed by atoms with E-state index >= 15 is 0 Å². The molecule has 0 heterocycles. The van der Waals surface area contributed by atoms with Crippen LogP contribution in [0.2, 0.25) is 0 Å². The third kappa shape index (κ3) is 7.60. The summed E-state index contributed by atoms with van der Waals surface area (Å²) in [6.07, 6.45) is 2.13. The van der Waals surface area contributed by atoms with Gasteiger partial charge in [-0.1, -0.05) is 49.4 Å². The minimum absolute atomic E-state index is 0.140. The molecule has 7 nitrogen and oxygen atoms in total. The Hall–Kier alpha value is -2.87. The number of benzene rings is 2. The van der Waals surface area contributed by atoms with Crippen molar-refractivity contribution in [3.8, 4) is 0 Å². The highest BCUT2D eigenvalue weighted by Gasteiger charge is 2.28. The zero-order chi connectivity index (χ0) is 24.4. The van der Waals surface area contributed by atoms with Crippen molar-refractivity contribution >= 4 is 27.5 Å². The van der Waals surface area contributed by atoms with Crippen LogP contribution in [-0.2, 0) is 26.2 Å². The molecule has 0 aromatic heterocycles. The largest absolute Gasteiger partial charge is 0.355 e. The molecule has 2 aromatic rings. The zero-order valence-corrected chi connectivity index (χ0v) is 20.8. The standard InChI is InChI=1S/C25H35N3O4S/c1-5-23(25(30)26-6-2)27(19-21-14-11-10-13-20(21)3)24(29)17-12-18-28(33(4,31)32)22-15-8-7-9-16-22/h7-11,13-16,23H,5-6,12,17-19H2,1-4H3,(H,26,30). The van der Waals surface area contributed by atoms with Crippen molar-refractivity contribution in [2.45, 2.75) is 52.6 Å². The molecule has 0 fully saturated rings. The Balaban J connectivity index is 2.19. The Morgan fingerprint density at radius 2 is 1.64 bits per heavy atom. The van der Waals surface area contributed by atoms with Gasteiger partial charge in [-0.2, -0.15) is 0 Å². The number of sulfonamides is 1. The SMILES string of the molecule is CCNC(=O)C(CC)N(Cc1ccccc1C)C(=O)CCCN(c1ccccc1)S(C)(=O)=O. The van der Waals surface area contributed by atoms with Crippen LogP contribution in [-0.4, -0.2) is 50.5 Å². The first-order valence-electron chi connectivity index (χ1n) is 11.3. The topological polar surface area (TPSA) is 86.8 Å². The fraction of sp³-hybridized carbons (Fsp3) is 0.440. The third-order valence-electron chi connectivity index (χ3n) is 5.54. The molecule has 0 saturated heterocycles. The maximum Gasteiger partial charge on any atom is 0.242 e. The number of amides is 2. The first kappa shape index (κ1) is 26.4. The second-order valence-corrected chi connectivity index (χ2v) is 9.95. The van der Waals surface area contributed by atoms with E-state index < -0.39 is 16.1 Å².